The van der Waals surface area contributed by atoms with Crippen LogP contribution in [0.3, 0.4) is 0 Å². The van der Waals surface area contributed by atoms with Crippen molar-refractivity contribution in [1.29, 1.82) is 0 Å². The van der Waals surface area contributed by atoms with Gasteiger partial charge in [-0.05, 0) is 83.7 Å². The first-order valence-electron chi connectivity index (χ1n) is 27.1. The Morgan fingerprint density at radius 3 is 1.09 bits per heavy atom. The molecular weight excluding hydrogens is 952 g/mol. The van der Waals surface area contributed by atoms with E-state index in [-0.39, 0.29) is 13.2 Å². The Hall–Kier alpha value is -6.33. The summed E-state index contributed by atoms with van der Waals surface area (Å²) in [5, 5.41) is 1.78. The lowest BCUT2D eigenvalue weighted by Crippen LogP contribution is -2.39. The van der Waals surface area contributed by atoms with Crippen LogP contribution in [0, 0.1) is 0 Å². The average Bonchev–Trinajstić information content (AvgIpc) is 4.30. The second-order valence-electron chi connectivity index (χ2n) is 19.0. The van der Waals surface area contributed by atoms with Crippen LogP contribution in [0.2, 0.25) is 0 Å². The van der Waals surface area contributed by atoms with Crippen molar-refractivity contribution in [3.05, 3.63) is 226 Å². The van der Waals surface area contributed by atoms with Gasteiger partial charge in [0.1, 0.15) is 13.2 Å². The first-order valence-corrected chi connectivity index (χ1v) is 28.7. The molecule has 0 unspecified atom stereocenters. The van der Waals surface area contributed by atoms with Crippen LogP contribution in [-0.2, 0) is 28.0 Å². The molecule has 4 aromatic carbocycles. The molecule has 0 atom stereocenters. The van der Waals surface area contributed by atoms with Gasteiger partial charge >= 0.3 is 8.02 Å². The summed E-state index contributed by atoms with van der Waals surface area (Å²) in [7, 11) is -3.78. The van der Waals surface area contributed by atoms with E-state index in [0.29, 0.717) is 39.6 Å². The summed E-state index contributed by atoms with van der Waals surface area (Å²) in [4.78, 5) is 11.2. The van der Waals surface area contributed by atoms with Gasteiger partial charge in [0.2, 0.25) is 0 Å². The first-order chi connectivity index (χ1) is 37.2. The molecule has 4 aliphatic rings. The number of fused-ring (bicyclic) bond motifs is 2. The van der Waals surface area contributed by atoms with Gasteiger partial charge in [-0.2, -0.15) is 9.05 Å². The number of unbranched alkanes of at least 4 members (excludes halogenated alkanes) is 6. The maximum atomic E-state index is 7.88. The molecule has 6 aromatic rings. The Kier molecular flexibility index (Phi) is 18.0. The van der Waals surface area contributed by atoms with Crippen LogP contribution in [0.1, 0.15) is 98.9 Å². The minimum atomic E-state index is -3.78. The van der Waals surface area contributed by atoms with Crippen LogP contribution >= 0.6 is 8.02 Å². The molecule has 0 saturated heterocycles. The molecule has 0 radical (unpaired) electrons. The van der Waals surface area contributed by atoms with E-state index in [9.17, 15) is 0 Å². The highest BCUT2D eigenvalue weighted by molar-refractivity contribution is 7.63. The molecule has 75 heavy (non-hydrogen) atoms. The van der Waals surface area contributed by atoms with Crippen molar-refractivity contribution in [3.63, 3.8) is 0 Å². The summed E-state index contributed by atoms with van der Waals surface area (Å²) < 4.78 is 45.4. The van der Waals surface area contributed by atoms with Gasteiger partial charge in [0.25, 0.3) is 0 Å². The van der Waals surface area contributed by atoms with E-state index in [0.717, 1.165) is 116 Å². The number of nitrogens with zero attached hydrogens (tertiary/aromatic N) is 4. The average molecular weight is 1020 g/mol. The number of ether oxygens (including phenoxy) is 4. The Bertz CT molecular complexity index is 2980. The standard InChI is InChI=1S/C64H70N4O6P/c1-3-5-7-21-39-69-41-43-71-45-47-73-75(74-48-46-72-44-42-70-40-22-8-6-4-2)67-57-35-36-58(67)63(51-27-17-11-18-28-51)55-33-34-56(66-55)64(52-29-19-12-20-30-52)60-38-37-59(68(60)75)62(50-25-15-10-16-26-50)54-32-31-53(65-54)61(57)49-23-13-9-14-24-49/h9-20,23-38H,3-8,21-22,39-48H2,1-2H3/q+1. The summed E-state index contributed by atoms with van der Waals surface area (Å²) in [5.41, 5.74) is 12.9. The maximum Gasteiger partial charge on any atom is 0.497 e. The van der Waals surface area contributed by atoms with Gasteiger partial charge in [-0.1, -0.05) is 174 Å². The molecule has 11 heteroatoms. The third-order valence-electron chi connectivity index (χ3n) is 13.8. The van der Waals surface area contributed by atoms with Gasteiger partial charge in [-0.15, -0.1) is 8.68 Å². The van der Waals surface area contributed by atoms with Crippen molar-refractivity contribution in [2.45, 2.75) is 65.2 Å². The van der Waals surface area contributed by atoms with E-state index in [1.54, 1.807) is 0 Å². The Labute approximate surface area is 443 Å². The molecule has 6 bridgehead atoms. The molecule has 0 amide bonds. The molecular formula is C64H70N4O6P+. The van der Waals surface area contributed by atoms with Gasteiger partial charge in [-0.3, -0.25) is 0 Å². The second-order valence-corrected chi connectivity index (χ2v) is 21.3. The fraction of sp³-hybridized carbons (Fsp3) is 0.312. The van der Waals surface area contributed by atoms with Crippen LogP contribution in [-0.4, -0.2) is 86.2 Å². The zero-order chi connectivity index (χ0) is 51.1. The maximum absolute atomic E-state index is 7.88. The summed E-state index contributed by atoms with van der Waals surface area (Å²) in [6.45, 7) is 8.86. The number of benzene rings is 4. The largest absolute Gasteiger partial charge is 0.497 e. The van der Waals surface area contributed by atoms with Crippen LogP contribution in [0.15, 0.2) is 191 Å². The number of hydrogen-bond acceptors (Lipinski definition) is 8. The minimum Gasteiger partial charge on any atom is -0.379 e. The highest BCUT2D eigenvalue weighted by atomic mass is 31.2. The molecule has 386 valence electrons. The summed E-state index contributed by atoms with van der Waals surface area (Å²) >= 11 is 0. The van der Waals surface area contributed by atoms with Gasteiger partial charge in [-0.25, -0.2) is 9.98 Å². The molecule has 4 aliphatic heterocycles. The van der Waals surface area contributed by atoms with Crippen LogP contribution in [0.4, 0.5) is 0 Å². The van der Waals surface area contributed by atoms with E-state index in [1.807, 2.05) is 0 Å². The zero-order valence-corrected chi connectivity index (χ0v) is 44.5. The van der Waals surface area contributed by atoms with Gasteiger partial charge in [0.05, 0.1) is 84.5 Å². The first kappa shape index (κ1) is 52.1. The third kappa shape index (κ3) is 11.7. The quantitative estimate of drug-likeness (QED) is 0.0359. The van der Waals surface area contributed by atoms with Crippen LogP contribution in [0.5, 0.6) is 0 Å². The number of aromatic nitrogens is 2. The molecule has 10 rings (SSSR count). The molecule has 10 nitrogen and oxygen atoms in total. The van der Waals surface area contributed by atoms with E-state index in [4.69, 9.17) is 38.0 Å². The molecule has 0 spiro atoms. The third-order valence-corrected chi connectivity index (χ3v) is 16.7. The fourth-order valence-corrected chi connectivity index (χ4v) is 13.4. The molecule has 6 heterocycles. The Morgan fingerprint density at radius 2 is 0.707 bits per heavy atom. The Morgan fingerprint density at radius 1 is 0.347 bits per heavy atom. The predicted molar refractivity (Wildman–Crippen MR) is 305 cm³/mol. The van der Waals surface area contributed by atoms with Crippen molar-refractivity contribution in [3.8, 4) is 0 Å². The summed E-state index contributed by atoms with van der Waals surface area (Å²) in [6, 6.07) is 51.2. The van der Waals surface area contributed by atoms with Gasteiger partial charge in [0.15, 0.2) is 0 Å². The van der Waals surface area contributed by atoms with E-state index in [2.05, 4.69) is 192 Å². The van der Waals surface area contributed by atoms with Crippen molar-refractivity contribution in [2.24, 2.45) is 9.98 Å². The molecule has 0 fully saturated rings. The number of aliphatic imine (C=N–C) groups is 2. The molecule has 0 saturated carbocycles. The monoisotopic (exact) mass is 1020 g/mol. The lowest BCUT2D eigenvalue weighted by Gasteiger charge is -2.30. The van der Waals surface area contributed by atoms with Crippen molar-refractivity contribution >= 4 is 41.7 Å². The zero-order valence-electron chi connectivity index (χ0n) is 43.6. The van der Waals surface area contributed by atoms with Crippen molar-refractivity contribution < 1.29 is 28.0 Å². The number of hydrogen-bond donors (Lipinski definition) is 0. The fourth-order valence-electron chi connectivity index (χ4n) is 10.3. The highest BCUT2D eigenvalue weighted by Gasteiger charge is 2.55. The minimum absolute atomic E-state index is 0.208. The summed E-state index contributed by atoms with van der Waals surface area (Å²) in [6.07, 6.45) is 17.9. The predicted octanol–water partition coefficient (Wildman–Crippen LogP) is 12.6. The van der Waals surface area contributed by atoms with Gasteiger partial charge in [0, 0.05) is 35.5 Å². The van der Waals surface area contributed by atoms with E-state index < -0.39 is 8.02 Å². The number of allylic oxidation sites excluding steroid dienone is 4. The molecule has 0 N–H and O–H groups in total. The topological polar surface area (TPSA) is 90.0 Å². The van der Waals surface area contributed by atoms with Gasteiger partial charge < -0.3 is 18.9 Å². The normalized spacial score (nSPS) is 15.3. The molecule has 0 aliphatic carbocycles. The lowest BCUT2D eigenvalue weighted by atomic mass is 10.0. The number of rotatable bonds is 28. The van der Waals surface area contributed by atoms with Crippen molar-refractivity contribution in [1.82, 2.24) is 8.68 Å². The van der Waals surface area contributed by atoms with Crippen LogP contribution in [0.25, 0.3) is 22.3 Å². The highest BCUT2D eigenvalue weighted by Crippen LogP contribution is 2.65. The molecule has 2 aromatic heterocycles. The second kappa shape index (κ2) is 25.9. The van der Waals surface area contributed by atoms with Crippen molar-refractivity contribution in [2.75, 3.05) is 66.1 Å². The Balaban J connectivity index is 1.23. The lowest BCUT2D eigenvalue weighted by molar-refractivity contribution is 0.0257. The SMILES string of the molecule is CCCCCCOCCOCCO[P+]1(OCCOCCOCCCCCC)n2c3ccc2C(c2ccccc2)=C2C=CC(=N2)C(c2ccccc2)=c2ccc(n21)=C(c1ccccc1)C1=NC(=C3c2ccccc2)C=C1. The summed E-state index contributed by atoms with van der Waals surface area (Å²) in [5.74, 6) is 0. The van der Waals surface area contributed by atoms with E-state index in [1.165, 1.54) is 38.5 Å². The van der Waals surface area contributed by atoms with E-state index >= 15 is 0 Å². The smallest absolute Gasteiger partial charge is 0.379 e. The van der Waals surface area contributed by atoms with Crippen LogP contribution < -0.4 is 10.7 Å².